The first-order valence-corrected chi connectivity index (χ1v) is 6.51. The molecule has 4 heteroatoms. The summed E-state index contributed by atoms with van der Waals surface area (Å²) in [6, 6.07) is 0. The first-order valence-electron chi connectivity index (χ1n) is 6.51. The highest BCUT2D eigenvalue weighted by molar-refractivity contribution is 4.93. The topological polar surface area (TPSA) is 33.1 Å². The molecular formula is C13H24N4. The summed E-state index contributed by atoms with van der Waals surface area (Å²) >= 11 is 0. The lowest BCUT2D eigenvalue weighted by atomic mass is 9.84. The number of aromatic nitrogens is 2. The van der Waals surface area contributed by atoms with Gasteiger partial charge in [0.1, 0.15) is 5.82 Å². The Balaban J connectivity index is 1.92. The number of rotatable bonds is 5. The number of nitrogens with one attached hydrogen (secondary N) is 1. The summed E-state index contributed by atoms with van der Waals surface area (Å²) in [7, 11) is 4.26. The first kappa shape index (κ1) is 12.6. The summed E-state index contributed by atoms with van der Waals surface area (Å²) in [5.41, 5.74) is 0.472. The van der Waals surface area contributed by atoms with E-state index in [0.29, 0.717) is 5.41 Å². The molecule has 0 bridgehead atoms. The standard InChI is InChI=1S/C13H24N4/c1-4-13(5-6-14-10-13)11-16(2)9-12-15-7-8-17(12)3/h7-8,14H,4-6,9-11H2,1-3H3. The van der Waals surface area contributed by atoms with Crippen LogP contribution in [0.3, 0.4) is 0 Å². The van der Waals surface area contributed by atoms with Gasteiger partial charge >= 0.3 is 0 Å². The van der Waals surface area contributed by atoms with Crippen LogP contribution in [-0.2, 0) is 13.6 Å². The Hall–Kier alpha value is -0.870. The lowest BCUT2D eigenvalue weighted by Gasteiger charge is -2.31. The fraction of sp³-hybridized carbons (Fsp3) is 0.769. The van der Waals surface area contributed by atoms with E-state index in [0.717, 1.165) is 25.5 Å². The summed E-state index contributed by atoms with van der Waals surface area (Å²) < 4.78 is 2.10. The molecule has 0 radical (unpaired) electrons. The highest BCUT2D eigenvalue weighted by Gasteiger charge is 2.32. The summed E-state index contributed by atoms with van der Waals surface area (Å²) in [6.45, 7) is 6.73. The molecule has 2 rings (SSSR count). The second-order valence-electron chi connectivity index (χ2n) is 5.41. The number of imidazole rings is 1. The van der Waals surface area contributed by atoms with Gasteiger partial charge in [-0.05, 0) is 31.8 Å². The zero-order valence-electron chi connectivity index (χ0n) is 11.2. The average Bonchev–Trinajstić information content (AvgIpc) is 2.90. The molecule has 1 aliphatic rings. The first-order chi connectivity index (χ1) is 8.15. The van der Waals surface area contributed by atoms with Crippen LogP contribution in [0.2, 0.25) is 0 Å². The van der Waals surface area contributed by atoms with E-state index in [1.807, 2.05) is 12.4 Å². The molecule has 1 aromatic heterocycles. The van der Waals surface area contributed by atoms with E-state index in [9.17, 15) is 0 Å². The molecule has 1 aliphatic heterocycles. The van der Waals surface area contributed by atoms with Gasteiger partial charge in [-0.2, -0.15) is 0 Å². The van der Waals surface area contributed by atoms with Crippen molar-refractivity contribution >= 4 is 0 Å². The lowest BCUT2D eigenvalue weighted by Crippen LogP contribution is -2.37. The molecule has 17 heavy (non-hydrogen) atoms. The van der Waals surface area contributed by atoms with Crippen LogP contribution in [0.15, 0.2) is 12.4 Å². The highest BCUT2D eigenvalue weighted by atomic mass is 15.2. The van der Waals surface area contributed by atoms with Crippen LogP contribution >= 0.6 is 0 Å². The molecule has 1 atom stereocenters. The maximum absolute atomic E-state index is 4.38. The Morgan fingerprint density at radius 3 is 2.94 bits per heavy atom. The summed E-state index contributed by atoms with van der Waals surface area (Å²) in [4.78, 5) is 6.79. The quantitative estimate of drug-likeness (QED) is 0.835. The molecule has 1 unspecified atom stereocenters. The molecule has 2 heterocycles. The third-order valence-corrected chi connectivity index (χ3v) is 4.02. The summed E-state index contributed by atoms with van der Waals surface area (Å²) in [6.07, 6.45) is 6.44. The Bertz CT molecular complexity index is 352. The fourth-order valence-electron chi connectivity index (χ4n) is 2.76. The maximum atomic E-state index is 4.38. The molecule has 0 amide bonds. The minimum Gasteiger partial charge on any atom is -0.337 e. The van der Waals surface area contributed by atoms with Crippen molar-refractivity contribution < 1.29 is 0 Å². The van der Waals surface area contributed by atoms with Gasteiger partial charge in [0, 0.05) is 32.5 Å². The molecule has 0 saturated carbocycles. The molecule has 96 valence electrons. The van der Waals surface area contributed by atoms with E-state index in [1.54, 1.807) is 0 Å². The predicted octanol–water partition coefficient (Wildman–Crippen LogP) is 1.24. The van der Waals surface area contributed by atoms with Crippen molar-refractivity contribution in [3.8, 4) is 0 Å². The molecule has 0 aromatic carbocycles. The molecule has 1 aromatic rings. The van der Waals surface area contributed by atoms with Crippen molar-refractivity contribution in [2.45, 2.75) is 26.3 Å². The van der Waals surface area contributed by atoms with Gasteiger partial charge < -0.3 is 9.88 Å². The molecule has 1 saturated heterocycles. The number of nitrogens with zero attached hydrogens (tertiary/aromatic N) is 3. The minimum absolute atomic E-state index is 0.472. The SMILES string of the molecule is CCC1(CN(C)Cc2nccn2C)CCNC1. The second-order valence-corrected chi connectivity index (χ2v) is 5.41. The highest BCUT2D eigenvalue weighted by Crippen LogP contribution is 2.30. The normalized spacial score (nSPS) is 24.7. The number of hydrogen-bond donors (Lipinski definition) is 1. The van der Waals surface area contributed by atoms with E-state index >= 15 is 0 Å². The van der Waals surface area contributed by atoms with Crippen molar-refractivity contribution in [2.75, 3.05) is 26.7 Å². The van der Waals surface area contributed by atoms with Crippen molar-refractivity contribution in [3.63, 3.8) is 0 Å². The van der Waals surface area contributed by atoms with E-state index in [1.165, 1.54) is 19.4 Å². The van der Waals surface area contributed by atoms with Crippen LogP contribution in [0.1, 0.15) is 25.6 Å². The molecular weight excluding hydrogens is 212 g/mol. The summed E-state index contributed by atoms with van der Waals surface area (Å²) in [5, 5.41) is 3.49. The lowest BCUT2D eigenvalue weighted by molar-refractivity contribution is 0.176. The van der Waals surface area contributed by atoms with Gasteiger partial charge in [0.25, 0.3) is 0 Å². The van der Waals surface area contributed by atoms with E-state index in [4.69, 9.17) is 0 Å². The molecule has 0 spiro atoms. The van der Waals surface area contributed by atoms with Gasteiger partial charge in [-0.1, -0.05) is 6.92 Å². The molecule has 4 nitrogen and oxygen atoms in total. The Morgan fingerprint density at radius 2 is 2.41 bits per heavy atom. The second kappa shape index (κ2) is 5.19. The van der Waals surface area contributed by atoms with Crippen LogP contribution in [0.5, 0.6) is 0 Å². The van der Waals surface area contributed by atoms with Crippen LogP contribution in [-0.4, -0.2) is 41.1 Å². The number of hydrogen-bond acceptors (Lipinski definition) is 3. The Morgan fingerprint density at radius 1 is 1.59 bits per heavy atom. The van der Waals surface area contributed by atoms with Crippen LogP contribution in [0.25, 0.3) is 0 Å². The molecule has 0 aliphatic carbocycles. The Labute approximate surface area is 104 Å². The maximum Gasteiger partial charge on any atom is 0.122 e. The van der Waals surface area contributed by atoms with Gasteiger partial charge in [0.05, 0.1) is 6.54 Å². The van der Waals surface area contributed by atoms with Crippen molar-refractivity contribution in [3.05, 3.63) is 18.2 Å². The Kier molecular flexibility index (Phi) is 3.84. The van der Waals surface area contributed by atoms with Gasteiger partial charge in [-0.3, -0.25) is 4.90 Å². The van der Waals surface area contributed by atoms with Gasteiger partial charge in [-0.15, -0.1) is 0 Å². The zero-order valence-corrected chi connectivity index (χ0v) is 11.2. The van der Waals surface area contributed by atoms with Crippen molar-refractivity contribution in [1.82, 2.24) is 19.8 Å². The van der Waals surface area contributed by atoms with E-state index < -0.39 is 0 Å². The monoisotopic (exact) mass is 236 g/mol. The molecule has 1 N–H and O–H groups in total. The third kappa shape index (κ3) is 2.87. The number of aryl methyl sites for hydroxylation is 1. The smallest absolute Gasteiger partial charge is 0.122 e. The third-order valence-electron chi connectivity index (χ3n) is 4.02. The fourth-order valence-corrected chi connectivity index (χ4v) is 2.76. The van der Waals surface area contributed by atoms with Gasteiger partial charge in [0.2, 0.25) is 0 Å². The van der Waals surface area contributed by atoms with E-state index in [2.05, 4.69) is 40.8 Å². The minimum atomic E-state index is 0.472. The van der Waals surface area contributed by atoms with Gasteiger partial charge in [0.15, 0.2) is 0 Å². The zero-order chi connectivity index (χ0) is 12.3. The largest absolute Gasteiger partial charge is 0.337 e. The molecule has 1 fully saturated rings. The van der Waals surface area contributed by atoms with Gasteiger partial charge in [-0.25, -0.2) is 4.98 Å². The van der Waals surface area contributed by atoms with Crippen LogP contribution < -0.4 is 5.32 Å². The van der Waals surface area contributed by atoms with Crippen LogP contribution in [0.4, 0.5) is 0 Å². The van der Waals surface area contributed by atoms with E-state index in [-0.39, 0.29) is 0 Å². The van der Waals surface area contributed by atoms with Crippen LogP contribution in [0, 0.1) is 5.41 Å². The predicted molar refractivity (Wildman–Crippen MR) is 69.8 cm³/mol. The van der Waals surface area contributed by atoms with Crippen molar-refractivity contribution in [1.29, 1.82) is 0 Å². The summed E-state index contributed by atoms with van der Waals surface area (Å²) in [5.74, 6) is 1.14. The average molecular weight is 236 g/mol. The van der Waals surface area contributed by atoms with Crippen molar-refractivity contribution in [2.24, 2.45) is 12.5 Å².